The van der Waals surface area contributed by atoms with Gasteiger partial charge < -0.3 is 10.0 Å². The summed E-state index contributed by atoms with van der Waals surface area (Å²) in [6.45, 7) is 0.712. The second-order valence-electron chi connectivity index (χ2n) is 5.88. The van der Waals surface area contributed by atoms with Crippen LogP contribution in [0.5, 0.6) is 5.75 Å². The molecule has 3 nitrogen and oxygen atoms in total. The molecule has 4 rings (SSSR count). The fourth-order valence-electron chi connectivity index (χ4n) is 3.72. The fraction of sp³-hybridized carbons (Fsp3) is 0.278. The third-order valence-electron chi connectivity index (χ3n) is 4.71. The number of benzene rings is 2. The number of carbonyl (C=O) groups is 1. The number of hydrogen-bond acceptors (Lipinski definition) is 2. The number of nitrogens with zero attached hydrogens (tertiary/aromatic N) is 1. The van der Waals surface area contributed by atoms with Gasteiger partial charge in [-0.2, -0.15) is 0 Å². The van der Waals surface area contributed by atoms with Gasteiger partial charge in [0.25, 0.3) is 0 Å². The number of phenols is 1. The zero-order chi connectivity index (χ0) is 14.4. The lowest BCUT2D eigenvalue weighted by atomic mass is 9.81. The van der Waals surface area contributed by atoms with Gasteiger partial charge >= 0.3 is 0 Å². The molecule has 2 heterocycles. The van der Waals surface area contributed by atoms with E-state index in [1.54, 1.807) is 6.07 Å². The van der Waals surface area contributed by atoms with E-state index in [-0.39, 0.29) is 17.9 Å². The molecule has 2 aliphatic rings. The van der Waals surface area contributed by atoms with Crippen molar-refractivity contribution in [1.29, 1.82) is 0 Å². The Morgan fingerprint density at radius 2 is 1.86 bits per heavy atom. The van der Waals surface area contributed by atoms with E-state index in [1.807, 2.05) is 35.2 Å². The van der Waals surface area contributed by atoms with Crippen LogP contribution in [-0.4, -0.2) is 22.5 Å². The van der Waals surface area contributed by atoms with E-state index in [9.17, 15) is 9.90 Å². The molecule has 2 aromatic rings. The van der Waals surface area contributed by atoms with Crippen molar-refractivity contribution in [3.05, 3.63) is 65.2 Å². The first-order valence-corrected chi connectivity index (χ1v) is 7.41. The SMILES string of the molecule is O=C1CC[C@@H]2c3ccc(O)cc3[C@@H](c3ccccc3)CN12. The molecule has 0 radical (unpaired) electrons. The van der Waals surface area contributed by atoms with Crippen LogP contribution in [0.4, 0.5) is 0 Å². The van der Waals surface area contributed by atoms with Crippen LogP contribution >= 0.6 is 0 Å². The number of amides is 1. The van der Waals surface area contributed by atoms with Crippen molar-refractivity contribution < 1.29 is 9.90 Å². The average Bonchev–Trinajstić information content (AvgIpc) is 2.88. The van der Waals surface area contributed by atoms with Gasteiger partial charge in [-0.05, 0) is 35.2 Å². The predicted molar refractivity (Wildman–Crippen MR) is 80.1 cm³/mol. The molecule has 1 N–H and O–H groups in total. The molecule has 2 aliphatic heterocycles. The van der Waals surface area contributed by atoms with Gasteiger partial charge in [0.05, 0.1) is 6.04 Å². The van der Waals surface area contributed by atoms with Crippen molar-refractivity contribution in [2.45, 2.75) is 24.8 Å². The summed E-state index contributed by atoms with van der Waals surface area (Å²) < 4.78 is 0. The number of aromatic hydroxyl groups is 1. The molecule has 106 valence electrons. The van der Waals surface area contributed by atoms with Gasteiger partial charge in [-0.3, -0.25) is 4.79 Å². The third kappa shape index (κ3) is 1.92. The summed E-state index contributed by atoms with van der Waals surface area (Å²) >= 11 is 0. The summed E-state index contributed by atoms with van der Waals surface area (Å²) in [5, 5.41) is 9.86. The Kier molecular flexibility index (Phi) is 2.74. The van der Waals surface area contributed by atoms with Crippen molar-refractivity contribution in [1.82, 2.24) is 4.90 Å². The lowest BCUT2D eigenvalue weighted by Crippen LogP contribution is -2.37. The minimum Gasteiger partial charge on any atom is -0.508 e. The van der Waals surface area contributed by atoms with Crippen molar-refractivity contribution in [3.63, 3.8) is 0 Å². The van der Waals surface area contributed by atoms with Crippen LogP contribution in [0.15, 0.2) is 48.5 Å². The van der Waals surface area contributed by atoms with Crippen molar-refractivity contribution in [2.75, 3.05) is 6.54 Å². The number of rotatable bonds is 1. The quantitative estimate of drug-likeness (QED) is 0.871. The topological polar surface area (TPSA) is 40.5 Å². The Labute approximate surface area is 123 Å². The Hall–Kier alpha value is -2.29. The molecule has 0 bridgehead atoms. The van der Waals surface area contributed by atoms with Gasteiger partial charge in [0.15, 0.2) is 0 Å². The van der Waals surface area contributed by atoms with E-state index in [1.165, 1.54) is 11.1 Å². The highest BCUT2D eigenvalue weighted by Gasteiger charge is 2.40. The second kappa shape index (κ2) is 4.62. The second-order valence-corrected chi connectivity index (χ2v) is 5.88. The van der Waals surface area contributed by atoms with Crippen LogP contribution in [0.2, 0.25) is 0 Å². The molecule has 0 saturated carbocycles. The van der Waals surface area contributed by atoms with Crippen LogP contribution in [0.25, 0.3) is 0 Å². The molecule has 1 saturated heterocycles. The van der Waals surface area contributed by atoms with Crippen molar-refractivity contribution in [3.8, 4) is 5.75 Å². The molecule has 0 aliphatic carbocycles. The van der Waals surface area contributed by atoms with Gasteiger partial charge in [-0.25, -0.2) is 0 Å². The van der Waals surface area contributed by atoms with E-state index in [4.69, 9.17) is 0 Å². The average molecular weight is 279 g/mol. The third-order valence-corrected chi connectivity index (χ3v) is 4.71. The summed E-state index contributed by atoms with van der Waals surface area (Å²) in [6.07, 6.45) is 1.52. The van der Waals surface area contributed by atoms with Gasteiger partial charge in [0.1, 0.15) is 5.75 Å². The molecule has 3 heteroatoms. The summed E-state index contributed by atoms with van der Waals surface area (Å²) in [7, 11) is 0. The molecule has 0 aromatic heterocycles. The Morgan fingerprint density at radius 3 is 2.67 bits per heavy atom. The van der Waals surface area contributed by atoms with Crippen LogP contribution in [0, 0.1) is 0 Å². The van der Waals surface area contributed by atoms with E-state index < -0.39 is 0 Å². The number of carbonyl (C=O) groups excluding carboxylic acids is 1. The highest BCUT2D eigenvalue weighted by Crippen LogP contribution is 2.45. The Balaban J connectivity index is 1.87. The van der Waals surface area contributed by atoms with Crippen LogP contribution in [0.1, 0.15) is 41.5 Å². The minimum atomic E-state index is 0.145. The molecule has 1 amide bonds. The molecule has 2 atom stereocenters. The summed E-state index contributed by atoms with van der Waals surface area (Å²) in [5.74, 6) is 0.693. The first-order chi connectivity index (χ1) is 10.2. The lowest BCUT2D eigenvalue weighted by Gasteiger charge is -2.37. The molecule has 2 aromatic carbocycles. The largest absolute Gasteiger partial charge is 0.508 e. The first kappa shape index (κ1) is 12.5. The Morgan fingerprint density at radius 1 is 1.05 bits per heavy atom. The summed E-state index contributed by atoms with van der Waals surface area (Å²) in [4.78, 5) is 14.1. The highest BCUT2D eigenvalue weighted by molar-refractivity contribution is 5.80. The van der Waals surface area contributed by atoms with Gasteiger partial charge in [0, 0.05) is 18.9 Å². The normalized spacial score (nSPS) is 23.8. The van der Waals surface area contributed by atoms with Gasteiger partial charge in [0.2, 0.25) is 5.91 Å². The molecular formula is C18H17NO2. The monoisotopic (exact) mass is 279 g/mol. The zero-order valence-corrected chi connectivity index (χ0v) is 11.7. The molecule has 0 unspecified atom stereocenters. The first-order valence-electron chi connectivity index (χ1n) is 7.41. The minimum absolute atomic E-state index is 0.145. The van der Waals surface area contributed by atoms with E-state index >= 15 is 0 Å². The van der Waals surface area contributed by atoms with Gasteiger partial charge in [-0.1, -0.05) is 36.4 Å². The molecular weight excluding hydrogens is 262 g/mol. The zero-order valence-electron chi connectivity index (χ0n) is 11.7. The summed E-state index contributed by atoms with van der Waals surface area (Å²) in [5.41, 5.74) is 3.55. The maximum atomic E-state index is 12.1. The van der Waals surface area contributed by atoms with Crippen molar-refractivity contribution in [2.24, 2.45) is 0 Å². The van der Waals surface area contributed by atoms with E-state index in [0.717, 1.165) is 12.0 Å². The standard InChI is InChI=1S/C18H17NO2/c20-13-6-7-14-15(10-13)16(12-4-2-1-3-5-12)11-19-17(14)8-9-18(19)21/h1-7,10,16-17,20H,8-9,11H2/t16-,17-/m1/s1. The number of phenolic OH excluding ortho intramolecular Hbond substituents is 1. The maximum absolute atomic E-state index is 12.1. The molecule has 21 heavy (non-hydrogen) atoms. The van der Waals surface area contributed by atoms with Crippen LogP contribution < -0.4 is 0 Å². The number of fused-ring (bicyclic) bond motifs is 3. The van der Waals surface area contributed by atoms with Crippen LogP contribution in [0.3, 0.4) is 0 Å². The number of hydrogen-bond donors (Lipinski definition) is 1. The summed E-state index contributed by atoms with van der Waals surface area (Å²) in [6, 6.07) is 16.0. The van der Waals surface area contributed by atoms with E-state index in [2.05, 4.69) is 12.1 Å². The van der Waals surface area contributed by atoms with Gasteiger partial charge in [-0.15, -0.1) is 0 Å². The van der Waals surface area contributed by atoms with E-state index in [0.29, 0.717) is 18.7 Å². The Bertz CT molecular complexity index is 696. The van der Waals surface area contributed by atoms with Crippen molar-refractivity contribution >= 4 is 5.91 Å². The smallest absolute Gasteiger partial charge is 0.223 e. The maximum Gasteiger partial charge on any atom is 0.223 e. The molecule has 0 spiro atoms. The lowest BCUT2D eigenvalue weighted by molar-refractivity contribution is -0.129. The van der Waals surface area contributed by atoms with Crippen LogP contribution in [-0.2, 0) is 4.79 Å². The fourth-order valence-corrected chi connectivity index (χ4v) is 3.72. The predicted octanol–water partition coefficient (Wildman–Crippen LogP) is 3.20. The highest BCUT2D eigenvalue weighted by atomic mass is 16.3. The molecule has 1 fully saturated rings.